The Morgan fingerprint density at radius 3 is 2.78 bits per heavy atom. The second-order valence-corrected chi connectivity index (χ2v) is 5.58. The summed E-state index contributed by atoms with van der Waals surface area (Å²) in [5, 5.41) is 2.79. The second kappa shape index (κ2) is 6.18. The lowest BCUT2D eigenvalue weighted by atomic mass is 9.96. The predicted octanol–water partition coefficient (Wildman–Crippen LogP) is 0.489. The summed E-state index contributed by atoms with van der Waals surface area (Å²) in [6.45, 7) is 7.50. The lowest BCUT2D eigenvalue weighted by Gasteiger charge is -2.41. The van der Waals surface area contributed by atoms with E-state index in [0.29, 0.717) is 32.0 Å². The number of nitrogens with two attached hydrogens (primary N) is 1. The van der Waals surface area contributed by atoms with Crippen LogP contribution in [0.1, 0.15) is 40.0 Å². The van der Waals surface area contributed by atoms with Gasteiger partial charge in [-0.15, -0.1) is 0 Å². The summed E-state index contributed by atoms with van der Waals surface area (Å²) < 4.78 is 0. The molecule has 0 bridgehead atoms. The van der Waals surface area contributed by atoms with E-state index >= 15 is 0 Å². The smallest absolute Gasteiger partial charge is 0.245 e. The van der Waals surface area contributed by atoms with Crippen molar-refractivity contribution in [1.29, 1.82) is 0 Å². The maximum Gasteiger partial charge on any atom is 0.245 e. The highest BCUT2D eigenvalue weighted by atomic mass is 16.2. The molecule has 0 aromatic carbocycles. The topological polar surface area (TPSA) is 75.4 Å². The van der Waals surface area contributed by atoms with E-state index in [0.717, 1.165) is 12.8 Å². The van der Waals surface area contributed by atoms with Crippen LogP contribution in [0.25, 0.3) is 0 Å². The molecule has 1 aliphatic heterocycles. The Labute approximate surface area is 109 Å². The fourth-order valence-electron chi connectivity index (χ4n) is 2.27. The minimum Gasteiger partial charge on any atom is -0.352 e. The van der Waals surface area contributed by atoms with Crippen molar-refractivity contribution < 1.29 is 9.59 Å². The molecule has 5 nitrogen and oxygen atoms in total. The maximum absolute atomic E-state index is 12.2. The van der Waals surface area contributed by atoms with Gasteiger partial charge >= 0.3 is 0 Å². The Balaban J connectivity index is 2.53. The van der Waals surface area contributed by atoms with Crippen molar-refractivity contribution in [2.75, 3.05) is 19.6 Å². The minimum absolute atomic E-state index is 0.0683. The van der Waals surface area contributed by atoms with E-state index in [-0.39, 0.29) is 11.8 Å². The lowest BCUT2D eigenvalue weighted by molar-refractivity contribution is -0.149. The van der Waals surface area contributed by atoms with Crippen molar-refractivity contribution in [3.63, 3.8) is 0 Å². The van der Waals surface area contributed by atoms with Gasteiger partial charge in [0.1, 0.15) is 5.54 Å². The van der Waals surface area contributed by atoms with Gasteiger partial charge in [-0.1, -0.05) is 6.92 Å². The molecule has 0 aliphatic carbocycles. The summed E-state index contributed by atoms with van der Waals surface area (Å²) in [5.74, 6) is 0.455. The number of carbonyl (C=O) groups is 2. The highest BCUT2D eigenvalue weighted by Crippen LogP contribution is 2.20. The van der Waals surface area contributed by atoms with Crippen LogP contribution in [0.4, 0.5) is 0 Å². The summed E-state index contributed by atoms with van der Waals surface area (Å²) >= 11 is 0. The summed E-state index contributed by atoms with van der Waals surface area (Å²) in [5.41, 5.74) is 4.76. The largest absolute Gasteiger partial charge is 0.352 e. The van der Waals surface area contributed by atoms with Crippen LogP contribution in [-0.4, -0.2) is 41.9 Å². The van der Waals surface area contributed by atoms with Crippen molar-refractivity contribution in [2.24, 2.45) is 11.7 Å². The molecule has 5 heteroatoms. The molecule has 1 rings (SSSR count). The zero-order chi connectivity index (χ0) is 13.8. The van der Waals surface area contributed by atoms with Crippen LogP contribution in [0.15, 0.2) is 0 Å². The second-order valence-electron chi connectivity index (χ2n) is 5.58. The average Bonchev–Trinajstić information content (AvgIpc) is 2.30. The number of amides is 2. The standard InChI is InChI=1S/C13H25N3O2/c1-10(6-7-14)4-5-11(17)16-9-8-15-12(18)13(16,2)3/h10H,4-9,14H2,1-3H3,(H,15,18). The third-order valence-electron chi connectivity index (χ3n) is 3.66. The van der Waals surface area contributed by atoms with E-state index in [4.69, 9.17) is 5.73 Å². The van der Waals surface area contributed by atoms with E-state index in [9.17, 15) is 9.59 Å². The lowest BCUT2D eigenvalue weighted by Crippen LogP contribution is -2.63. The van der Waals surface area contributed by atoms with Crippen LogP contribution in [-0.2, 0) is 9.59 Å². The Kier molecular flexibility index (Phi) is 5.14. The van der Waals surface area contributed by atoms with Crippen LogP contribution < -0.4 is 11.1 Å². The van der Waals surface area contributed by atoms with Crippen molar-refractivity contribution >= 4 is 11.8 Å². The number of nitrogens with one attached hydrogen (secondary N) is 1. The maximum atomic E-state index is 12.2. The minimum atomic E-state index is -0.730. The highest BCUT2D eigenvalue weighted by molar-refractivity contribution is 5.91. The van der Waals surface area contributed by atoms with Crippen LogP contribution >= 0.6 is 0 Å². The molecule has 1 saturated heterocycles. The molecule has 1 fully saturated rings. The quantitative estimate of drug-likeness (QED) is 0.750. The fourth-order valence-corrected chi connectivity index (χ4v) is 2.27. The van der Waals surface area contributed by atoms with Crippen LogP contribution in [0.2, 0.25) is 0 Å². The summed E-state index contributed by atoms with van der Waals surface area (Å²) in [6.07, 6.45) is 2.28. The van der Waals surface area contributed by atoms with Gasteiger partial charge in [-0.2, -0.15) is 0 Å². The summed E-state index contributed by atoms with van der Waals surface area (Å²) in [6, 6.07) is 0. The summed E-state index contributed by atoms with van der Waals surface area (Å²) in [7, 11) is 0. The zero-order valence-electron chi connectivity index (χ0n) is 11.7. The molecule has 1 atom stereocenters. The SMILES string of the molecule is CC(CCN)CCC(=O)N1CCNC(=O)C1(C)C. The molecule has 1 heterocycles. The molecule has 0 aromatic heterocycles. The molecule has 2 amide bonds. The molecular formula is C13H25N3O2. The van der Waals surface area contributed by atoms with Gasteiger partial charge in [0.05, 0.1) is 0 Å². The van der Waals surface area contributed by atoms with Crippen molar-refractivity contribution in [3.05, 3.63) is 0 Å². The molecule has 0 spiro atoms. The molecular weight excluding hydrogens is 230 g/mol. The number of carbonyl (C=O) groups excluding carboxylic acids is 2. The molecule has 1 unspecified atom stereocenters. The van der Waals surface area contributed by atoms with Crippen molar-refractivity contribution in [3.8, 4) is 0 Å². The zero-order valence-corrected chi connectivity index (χ0v) is 11.7. The Hall–Kier alpha value is -1.10. The average molecular weight is 255 g/mol. The van der Waals surface area contributed by atoms with E-state index < -0.39 is 5.54 Å². The molecule has 3 N–H and O–H groups in total. The molecule has 18 heavy (non-hydrogen) atoms. The first-order valence-corrected chi connectivity index (χ1v) is 6.68. The number of nitrogens with zero attached hydrogens (tertiary/aromatic N) is 1. The Bertz CT molecular complexity index is 315. The van der Waals surface area contributed by atoms with Gasteiger partial charge in [-0.25, -0.2) is 0 Å². The first-order valence-electron chi connectivity index (χ1n) is 6.68. The van der Waals surface area contributed by atoms with Crippen molar-refractivity contribution in [1.82, 2.24) is 10.2 Å². The number of piperazine rings is 1. The van der Waals surface area contributed by atoms with Gasteiger partial charge in [0.15, 0.2) is 0 Å². The van der Waals surface area contributed by atoms with Gasteiger partial charge in [-0.3, -0.25) is 9.59 Å². The first-order chi connectivity index (χ1) is 8.39. The van der Waals surface area contributed by atoms with E-state index in [2.05, 4.69) is 12.2 Å². The molecule has 1 aliphatic rings. The van der Waals surface area contributed by atoms with Gasteiger partial charge in [-0.05, 0) is 39.2 Å². The van der Waals surface area contributed by atoms with Gasteiger partial charge in [0.2, 0.25) is 11.8 Å². The number of hydrogen-bond donors (Lipinski definition) is 2. The van der Waals surface area contributed by atoms with Crippen molar-refractivity contribution in [2.45, 2.75) is 45.6 Å². The third-order valence-corrected chi connectivity index (χ3v) is 3.66. The molecule has 104 valence electrons. The normalized spacial score (nSPS) is 20.4. The first kappa shape index (κ1) is 15.0. The van der Waals surface area contributed by atoms with Crippen LogP contribution in [0.3, 0.4) is 0 Å². The fraction of sp³-hybridized carbons (Fsp3) is 0.846. The van der Waals surface area contributed by atoms with Gasteiger partial charge < -0.3 is 16.0 Å². The summed E-state index contributed by atoms with van der Waals surface area (Å²) in [4.78, 5) is 25.6. The van der Waals surface area contributed by atoms with Crippen LogP contribution in [0.5, 0.6) is 0 Å². The number of hydrogen-bond acceptors (Lipinski definition) is 3. The van der Waals surface area contributed by atoms with E-state index in [1.165, 1.54) is 0 Å². The highest BCUT2D eigenvalue weighted by Gasteiger charge is 2.39. The Morgan fingerprint density at radius 1 is 1.50 bits per heavy atom. The Morgan fingerprint density at radius 2 is 2.17 bits per heavy atom. The molecule has 0 saturated carbocycles. The predicted molar refractivity (Wildman–Crippen MR) is 70.9 cm³/mol. The monoisotopic (exact) mass is 255 g/mol. The van der Waals surface area contributed by atoms with Crippen LogP contribution in [0, 0.1) is 5.92 Å². The van der Waals surface area contributed by atoms with E-state index in [1.54, 1.807) is 18.7 Å². The molecule has 0 radical (unpaired) electrons. The number of rotatable bonds is 5. The molecule has 0 aromatic rings. The van der Waals surface area contributed by atoms with E-state index in [1.807, 2.05) is 0 Å². The third kappa shape index (κ3) is 3.45. The van der Waals surface area contributed by atoms with Gasteiger partial charge in [0.25, 0.3) is 0 Å². The van der Waals surface area contributed by atoms with Gasteiger partial charge in [0, 0.05) is 19.5 Å².